The summed E-state index contributed by atoms with van der Waals surface area (Å²) in [7, 11) is 0. The van der Waals surface area contributed by atoms with Gasteiger partial charge in [0, 0.05) is 5.41 Å². The summed E-state index contributed by atoms with van der Waals surface area (Å²) in [6, 6.07) is 4.22. The van der Waals surface area contributed by atoms with E-state index in [-0.39, 0.29) is 22.2 Å². The second-order valence-electron chi connectivity index (χ2n) is 11.7. The van der Waals surface area contributed by atoms with Crippen LogP contribution >= 0.6 is 0 Å². The normalized spacial score (nSPS) is 13.6. The summed E-state index contributed by atoms with van der Waals surface area (Å²) in [6.45, 7) is 22.9. The molecule has 1 N–H and O–H groups in total. The summed E-state index contributed by atoms with van der Waals surface area (Å²) >= 11 is 0. The van der Waals surface area contributed by atoms with Crippen LogP contribution in [0.15, 0.2) is 12.1 Å². The van der Waals surface area contributed by atoms with Crippen molar-refractivity contribution in [3.63, 3.8) is 0 Å². The van der Waals surface area contributed by atoms with Crippen LogP contribution in [0.3, 0.4) is 0 Å². The molecule has 0 radical (unpaired) electrons. The maximum absolute atomic E-state index is 12.1. The predicted molar refractivity (Wildman–Crippen MR) is 113 cm³/mol. The van der Waals surface area contributed by atoms with E-state index in [1.165, 1.54) is 5.56 Å². The van der Waals surface area contributed by atoms with Gasteiger partial charge in [0.05, 0.1) is 12.0 Å². The molecule has 0 aromatic heterocycles. The van der Waals surface area contributed by atoms with Crippen molar-refractivity contribution in [3.8, 4) is 5.75 Å². The first-order valence-corrected chi connectivity index (χ1v) is 9.89. The van der Waals surface area contributed by atoms with Gasteiger partial charge in [-0.1, -0.05) is 67.5 Å². The van der Waals surface area contributed by atoms with E-state index in [1.54, 1.807) is 0 Å². The van der Waals surface area contributed by atoms with Gasteiger partial charge in [0.2, 0.25) is 0 Å². The van der Waals surface area contributed by atoms with Crippen LogP contribution in [0.25, 0.3) is 0 Å². The Hall–Kier alpha value is -1.51. The minimum absolute atomic E-state index is 0.150. The molecule has 3 nitrogen and oxygen atoms in total. The summed E-state index contributed by atoms with van der Waals surface area (Å²) in [5.41, 5.74) is 2.11. The Bertz CT molecular complexity index is 642. The minimum Gasteiger partial charge on any atom is -0.507 e. The highest BCUT2D eigenvalue weighted by Gasteiger charge is 2.30. The maximum atomic E-state index is 12.1. The van der Waals surface area contributed by atoms with Gasteiger partial charge in [0.15, 0.2) is 0 Å². The SMILES string of the molecule is CC(C)(COC(=O)C(C)(C)C)Cc1cc(C(C)(C)C)c(O)c(C(C)(C)C)c1. The third-order valence-corrected chi connectivity index (χ3v) is 4.67. The summed E-state index contributed by atoms with van der Waals surface area (Å²) in [5, 5.41) is 10.9. The number of aromatic hydroxyl groups is 1. The van der Waals surface area contributed by atoms with E-state index in [9.17, 15) is 9.90 Å². The molecule has 1 aromatic rings. The lowest BCUT2D eigenvalue weighted by molar-refractivity contribution is -0.156. The zero-order valence-electron chi connectivity index (χ0n) is 19.3. The summed E-state index contributed by atoms with van der Waals surface area (Å²) < 4.78 is 5.57. The molecule has 0 aliphatic rings. The fourth-order valence-corrected chi connectivity index (χ4v) is 3.02. The van der Waals surface area contributed by atoms with Gasteiger partial charge in [0.1, 0.15) is 5.75 Å². The number of hydrogen-bond acceptors (Lipinski definition) is 3. The molecule has 3 heteroatoms. The lowest BCUT2D eigenvalue weighted by Gasteiger charge is -2.31. The van der Waals surface area contributed by atoms with E-state index in [1.807, 2.05) is 20.8 Å². The molecule has 0 saturated carbocycles. The van der Waals surface area contributed by atoms with Crippen molar-refractivity contribution in [3.05, 3.63) is 28.8 Å². The fourth-order valence-electron chi connectivity index (χ4n) is 3.02. The number of rotatable bonds is 4. The van der Waals surface area contributed by atoms with Crippen LogP contribution in [-0.2, 0) is 26.8 Å². The molecule has 0 unspecified atom stereocenters. The van der Waals surface area contributed by atoms with E-state index < -0.39 is 5.41 Å². The number of hydrogen-bond donors (Lipinski definition) is 1. The van der Waals surface area contributed by atoms with Crippen LogP contribution in [0.4, 0.5) is 0 Å². The topological polar surface area (TPSA) is 46.5 Å². The van der Waals surface area contributed by atoms with Crippen LogP contribution in [0.2, 0.25) is 0 Å². The number of phenolic OH excluding ortho intramolecular Hbond substituents is 1. The van der Waals surface area contributed by atoms with E-state index in [0.29, 0.717) is 12.4 Å². The molecule has 1 rings (SSSR count). The van der Waals surface area contributed by atoms with Gasteiger partial charge in [-0.25, -0.2) is 0 Å². The van der Waals surface area contributed by atoms with Gasteiger partial charge in [-0.2, -0.15) is 0 Å². The molecule has 0 bridgehead atoms. The molecule has 0 heterocycles. The lowest BCUT2D eigenvalue weighted by Crippen LogP contribution is -2.30. The summed E-state index contributed by atoms with van der Waals surface area (Å²) in [4.78, 5) is 12.1. The molecule has 0 fully saturated rings. The molecule has 0 spiro atoms. The number of carbonyl (C=O) groups is 1. The number of phenols is 1. The Labute approximate surface area is 166 Å². The van der Waals surface area contributed by atoms with Gasteiger partial charge in [-0.05, 0) is 54.7 Å². The molecule has 0 aliphatic heterocycles. The largest absolute Gasteiger partial charge is 0.507 e. The zero-order chi connectivity index (χ0) is 21.4. The van der Waals surface area contributed by atoms with Crippen molar-refractivity contribution in [2.24, 2.45) is 10.8 Å². The number of ether oxygens (including phenoxy) is 1. The highest BCUT2D eigenvalue weighted by Crippen LogP contribution is 2.40. The molecular formula is C24H40O3. The molecule has 0 aliphatic carbocycles. The Morgan fingerprint density at radius 2 is 1.26 bits per heavy atom. The second kappa shape index (κ2) is 7.48. The van der Waals surface area contributed by atoms with Crippen molar-refractivity contribution in [2.75, 3.05) is 6.61 Å². The van der Waals surface area contributed by atoms with E-state index in [2.05, 4.69) is 67.5 Å². The maximum Gasteiger partial charge on any atom is 0.311 e. The Balaban J connectivity index is 3.21. The first-order chi connectivity index (χ1) is 11.8. The molecule has 154 valence electrons. The molecular weight excluding hydrogens is 336 g/mol. The highest BCUT2D eigenvalue weighted by molar-refractivity contribution is 5.75. The van der Waals surface area contributed by atoms with E-state index in [0.717, 1.165) is 17.5 Å². The van der Waals surface area contributed by atoms with Crippen molar-refractivity contribution < 1.29 is 14.6 Å². The Kier molecular flexibility index (Phi) is 6.52. The van der Waals surface area contributed by atoms with Crippen LogP contribution in [0, 0.1) is 10.8 Å². The molecule has 0 atom stereocenters. The van der Waals surface area contributed by atoms with Gasteiger partial charge in [-0.3, -0.25) is 4.79 Å². The minimum atomic E-state index is -0.493. The van der Waals surface area contributed by atoms with Crippen molar-refractivity contribution in [1.82, 2.24) is 0 Å². The van der Waals surface area contributed by atoms with Crippen LogP contribution in [-0.4, -0.2) is 17.7 Å². The first-order valence-electron chi connectivity index (χ1n) is 9.89. The highest BCUT2D eigenvalue weighted by atomic mass is 16.5. The zero-order valence-corrected chi connectivity index (χ0v) is 19.3. The fraction of sp³-hybridized carbons (Fsp3) is 0.708. The average Bonchev–Trinajstić information content (AvgIpc) is 2.42. The number of benzene rings is 1. The Morgan fingerprint density at radius 3 is 1.59 bits per heavy atom. The van der Waals surface area contributed by atoms with Gasteiger partial charge in [-0.15, -0.1) is 0 Å². The first kappa shape index (κ1) is 23.5. The third kappa shape index (κ3) is 6.55. The van der Waals surface area contributed by atoms with Crippen LogP contribution < -0.4 is 0 Å². The summed E-state index contributed by atoms with van der Waals surface area (Å²) in [6.07, 6.45) is 0.775. The standard InChI is InChI=1S/C24H40O3/c1-21(2,3)17-12-16(13-18(19(17)25)22(4,5)6)14-24(10,11)15-27-20(26)23(7,8)9/h12-13,25H,14-15H2,1-11H3. The van der Waals surface area contributed by atoms with Gasteiger partial charge >= 0.3 is 5.97 Å². The Morgan fingerprint density at radius 1 is 0.852 bits per heavy atom. The number of carbonyl (C=O) groups excluding carboxylic acids is 1. The van der Waals surface area contributed by atoms with Crippen LogP contribution in [0.1, 0.15) is 92.9 Å². The van der Waals surface area contributed by atoms with Crippen molar-refractivity contribution in [2.45, 2.75) is 93.4 Å². The van der Waals surface area contributed by atoms with Gasteiger partial charge in [0.25, 0.3) is 0 Å². The average molecular weight is 377 g/mol. The van der Waals surface area contributed by atoms with E-state index in [4.69, 9.17) is 4.74 Å². The van der Waals surface area contributed by atoms with Crippen LogP contribution in [0.5, 0.6) is 5.75 Å². The monoisotopic (exact) mass is 376 g/mol. The third-order valence-electron chi connectivity index (χ3n) is 4.67. The smallest absolute Gasteiger partial charge is 0.311 e. The number of esters is 1. The summed E-state index contributed by atoms with van der Waals surface area (Å²) in [5.74, 6) is 0.225. The lowest BCUT2D eigenvalue weighted by atomic mass is 9.76. The van der Waals surface area contributed by atoms with Crippen molar-refractivity contribution >= 4 is 5.97 Å². The second-order valence-corrected chi connectivity index (χ2v) is 11.7. The molecule has 1 aromatic carbocycles. The quantitative estimate of drug-likeness (QED) is 0.641. The molecule has 27 heavy (non-hydrogen) atoms. The molecule has 0 amide bonds. The van der Waals surface area contributed by atoms with E-state index >= 15 is 0 Å². The predicted octanol–water partition coefficient (Wildman–Crippen LogP) is 6.15. The molecule has 0 saturated heterocycles. The van der Waals surface area contributed by atoms with Crippen molar-refractivity contribution in [1.29, 1.82) is 0 Å². The van der Waals surface area contributed by atoms with Gasteiger partial charge < -0.3 is 9.84 Å².